The van der Waals surface area contributed by atoms with E-state index in [0.29, 0.717) is 12.1 Å². The number of aromatic nitrogens is 1. The first-order chi connectivity index (χ1) is 18.8. The van der Waals surface area contributed by atoms with E-state index in [1.54, 1.807) is 25.3 Å². The van der Waals surface area contributed by atoms with Crippen LogP contribution < -0.4 is 5.32 Å². The van der Waals surface area contributed by atoms with E-state index in [9.17, 15) is 32.2 Å². The molecule has 1 aromatic heterocycles. The number of carbonyl (C=O) groups is 1. The second-order valence-corrected chi connectivity index (χ2v) is 13.5. The molecule has 1 heterocycles. The summed E-state index contributed by atoms with van der Waals surface area (Å²) in [6, 6.07) is 10.2. The number of hydrogen-bond donors (Lipinski definition) is 3. The van der Waals surface area contributed by atoms with Gasteiger partial charge in [0.05, 0.1) is 20.9 Å². The van der Waals surface area contributed by atoms with Crippen LogP contribution in [0, 0.1) is 36.3 Å². The summed E-state index contributed by atoms with van der Waals surface area (Å²) >= 11 is 6.32. The molecule has 5 rings (SSSR count). The number of nitrogens with one attached hydrogen (secondary N) is 1. The number of hydrogen-bond acceptors (Lipinski definition) is 6. The molecule has 2 saturated carbocycles. The second kappa shape index (κ2) is 10.5. The maximum absolute atomic E-state index is 13.9. The molecular weight excluding hydrogens is 562 g/mol. The Morgan fingerprint density at radius 3 is 2.55 bits per heavy atom. The topological polar surface area (TPSA) is 117 Å². The molecule has 0 spiro atoms. The highest BCUT2D eigenvalue weighted by Gasteiger charge is 2.62. The predicted molar refractivity (Wildman–Crippen MR) is 146 cm³/mol. The first-order valence-electron chi connectivity index (χ1n) is 13.0. The average molecular weight is 591 g/mol. The smallest absolute Gasteiger partial charge is 0.255 e. The number of fused-ring (bicyclic) bond motifs is 2. The van der Waals surface area contributed by atoms with Crippen molar-refractivity contribution in [1.29, 1.82) is 0 Å². The summed E-state index contributed by atoms with van der Waals surface area (Å²) in [4.78, 5) is 16.9. The summed E-state index contributed by atoms with van der Waals surface area (Å²) in [5.74, 6) is -3.99. The lowest BCUT2D eigenvalue weighted by Gasteiger charge is -2.45. The molecule has 40 heavy (non-hydrogen) atoms. The van der Waals surface area contributed by atoms with Crippen molar-refractivity contribution in [3.8, 4) is 0 Å². The molecule has 2 aliphatic carbocycles. The van der Waals surface area contributed by atoms with E-state index in [0.717, 1.165) is 17.7 Å². The van der Waals surface area contributed by atoms with Gasteiger partial charge < -0.3 is 15.5 Å². The highest BCUT2D eigenvalue weighted by molar-refractivity contribution is 7.92. The van der Waals surface area contributed by atoms with Gasteiger partial charge in [-0.05, 0) is 85.9 Å². The van der Waals surface area contributed by atoms with Crippen LogP contribution in [0.2, 0.25) is 5.02 Å². The highest BCUT2D eigenvalue weighted by Crippen LogP contribution is 2.58. The number of benzene rings is 2. The summed E-state index contributed by atoms with van der Waals surface area (Å²) in [5, 5.41) is 24.7. The Kier molecular flexibility index (Phi) is 7.50. The number of aliphatic hydroxyl groups excluding tert-OH is 1. The van der Waals surface area contributed by atoms with Gasteiger partial charge >= 0.3 is 0 Å². The molecule has 0 saturated heterocycles. The Morgan fingerprint density at radius 1 is 1.12 bits per heavy atom. The van der Waals surface area contributed by atoms with Gasteiger partial charge in [0.15, 0.2) is 21.5 Å². The fourth-order valence-electron chi connectivity index (χ4n) is 6.47. The first kappa shape index (κ1) is 28.6. The zero-order valence-electron chi connectivity index (χ0n) is 21.8. The molecule has 0 aliphatic heterocycles. The van der Waals surface area contributed by atoms with Crippen molar-refractivity contribution >= 4 is 33.0 Å². The molecule has 2 aromatic carbocycles. The van der Waals surface area contributed by atoms with Gasteiger partial charge in [-0.1, -0.05) is 24.6 Å². The monoisotopic (exact) mass is 590 g/mol. The van der Waals surface area contributed by atoms with Crippen molar-refractivity contribution in [2.24, 2.45) is 17.8 Å². The minimum Gasteiger partial charge on any atom is -0.386 e. The lowest BCUT2D eigenvalue weighted by Crippen LogP contribution is -2.53. The largest absolute Gasteiger partial charge is 0.386 e. The SMILES string of the molecule is Cc1cccnc1[C@@H](O)[C@@]1(O)C2CC(S(=O)(=O)c3cc(C(=O)Nc4ccc(F)c(F)c4)ccc3Cl)CC1[C@@H](C)C2. The Hall–Kier alpha value is -2.92. The summed E-state index contributed by atoms with van der Waals surface area (Å²) in [6.45, 7) is 3.74. The third kappa shape index (κ3) is 4.81. The molecule has 3 aromatic rings. The molecule has 6 atom stereocenters. The van der Waals surface area contributed by atoms with Crippen molar-refractivity contribution in [3.05, 3.63) is 88.2 Å². The van der Waals surface area contributed by atoms with Crippen LogP contribution in [0.1, 0.15) is 53.9 Å². The maximum Gasteiger partial charge on any atom is 0.255 e. The molecule has 7 nitrogen and oxygen atoms in total. The molecule has 3 unspecified atom stereocenters. The fraction of sp³-hybridized carbons (Fsp3) is 0.379. The minimum atomic E-state index is -4.06. The number of amides is 1. The summed E-state index contributed by atoms with van der Waals surface area (Å²) in [6.07, 6.45) is 1.02. The van der Waals surface area contributed by atoms with Gasteiger partial charge in [-0.3, -0.25) is 9.78 Å². The quantitative estimate of drug-likeness (QED) is 0.361. The number of aliphatic hydroxyl groups is 2. The summed E-state index contributed by atoms with van der Waals surface area (Å²) in [7, 11) is -4.06. The number of halogens is 3. The summed E-state index contributed by atoms with van der Waals surface area (Å²) < 4.78 is 54.6. The van der Waals surface area contributed by atoms with Crippen molar-refractivity contribution in [1.82, 2.24) is 4.98 Å². The van der Waals surface area contributed by atoms with Gasteiger partial charge in [0, 0.05) is 23.5 Å². The van der Waals surface area contributed by atoms with E-state index >= 15 is 0 Å². The van der Waals surface area contributed by atoms with Crippen molar-refractivity contribution in [2.75, 3.05) is 5.32 Å². The Morgan fingerprint density at radius 2 is 1.88 bits per heavy atom. The Bertz CT molecular complexity index is 1590. The third-order valence-electron chi connectivity index (χ3n) is 8.52. The van der Waals surface area contributed by atoms with E-state index < -0.39 is 56.2 Å². The van der Waals surface area contributed by atoms with Crippen LogP contribution in [-0.2, 0) is 9.84 Å². The van der Waals surface area contributed by atoms with Crippen LogP contribution in [0.5, 0.6) is 0 Å². The number of aryl methyl sites for hydroxylation is 1. The van der Waals surface area contributed by atoms with Crippen LogP contribution >= 0.6 is 11.6 Å². The third-order valence-corrected chi connectivity index (χ3v) is 11.2. The van der Waals surface area contributed by atoms with Crippen LogP contribution in [0.15, 0.2) is 59.6 Å². The Balaban J connectivity index is 1.42. The molecule has 1 amide bonds. The molecule has 212 valence electrons. The van der Waals surface area contributed by atoms with Crippen molar-refractivity contribution in [3.63, 3.8) is 0 Å². The molecule has 3 N–H and O–H groups in total. The zero-order valence-corrected chi connectivity index (χ0v) is 23.4. The lowest BCUT2D eigenvalue weighted by atomic mass is 9.69. The molecular formula is C29H29ClF2N2O5S. The number of pyridine rings is 1. The molecule has 2 fully saturated rings. The second-order valence-electron chi connectivity index (χ2n) is 10.9. The normalized spacial score (nSPS) is 26.9. The van der Waals surface area contributed by atoms with Crippen LogP contribution in [0.3, 0.4) is 0 Å². The molecule has 11 heteroatoms. The van der Waals surface area contributed by atoms with Crippen molar-refractivity contribution < 1.29 is 32.2 Å². The molecule has 2 bridgehead atoms. The van der Waals surface area contributed by atoms with Crippen LogP contribution in [0.25, 0.3) is 0 Å². The van der Waals surface area contributed by atoms with Crippen molar-refractivity contribution in [2.45, 2.75) is 55.0 Å². The fourth-order valence-corrected chi connectivity index (χ4v) is 8.84. The van der Waals surface area contributed by atoms with Gasteiger partial charge in [-0.2, -0.15) is 0 Å². The van der Waals surface area contributed by atoms with Gasteiger partial charge in [-0.25, -0.2) is 17.2 Å². The Labute approximate surface area is 236 Å². The van der Waals surface area contributed by atoms with Gasteiger partial charge in [0.25, 0.3) is 5.91 Å². The number of nitrogens with zero attached hydrogens (tertiary/aromatic N) is 1. The lowest BCUT2D eigenvalue weighted by molar-refractivity contribution is -0.149. The van der Waals surface area contributed by atoms with E-state index in [1.165, 1.54) is 24.3 Å². The van der Waals surface area contributed by atoms with E-state index in [-0.39, 0.29) is 39.9 Å². The van der Waals surface area contributed by atoms with Gasteiger partial charge in [0.1, 0.15) is 11.7 Å². The van der Waals surface area contributed by atoms with Gasteiger partial charge in [-0.15, -0.1) is 0 Å². The number of rotatable bonds is 6. The predicted octanol–water partition coefficient (Wildman–Crippen LogP) is 5.25. The molecule has 2 aliphatic rings. The van der Waals surface area contributed by atoms with Gasteiger partial charge in [0.2, 0.25) is 0 Å². The van der Waals surface area contributed by atoms with Crippen LogP contribution in [0.4, 0.5) is 14.5 Å². The highest BCUT2D eigenvalue weighted by atomic mass is 35.5. The van der Waals surface area contributed by atoms with E-state index in [1.807, 2.05) is 6.92 Å². The molecule has 0 radical (unpaired) electrons. The minimum absolute atomic E-state index is 0.00193. The zero-order chi connectivity index (χ0) is 29.0. The number of sulfone groups is 1. The van der Waals surface area contributed by atoms with E-state index in [2.05, 4.69) is 10.3 Å². The summed E-state index contributed by atoms with van der Waals surface area (Å²) in [5.41, 5.74) is -0.464. The maximum atomic E-state index is 13.9. The standard InChI is InChI=1S/C29H29ClF2N2O5S/c1-15-4-3-9-33-26(15)27(35)29(37)18-10-16(2)21(29)14-20(12-18)40(38,39)25-11-17(5-7-22(25)30)28(36)34-19-6-8-23(31)24(32)13-19/h3-9,11,13,16,18,20-21,27,35,37H,10,12,14H2,1-2H3,(H,34,36)/t16-,18?,20?,21?,27+,29+/m0/s1. The van der Waals surface area contributed by atoms with E-state index in [4.69, 9.17) is 11.6 Å². The van der Waals surface area contributed by atoms with Crippen LogP contribution in [-0.4, -0.2) is 40.4 Å². The first-order valence-corrected chi connectivity index (χ1v) is 14.9. The number of carbonyl (C=O) groups excluding carboxylic acids is 1. The average Bonchev–Trinajstić information content (AvgIpc) is 3.03. The number of anilines is 1.